The van der Waals surface area contributed by atoms with Crippen LogP contribution in [0.2, 0.25) is 4.34 Å². The third-order valence-electron chi connectivity index (χ3n) is 4.65. The maximum absolute atomic E-state index is 12.6. The number of carbonyl (C=O) groups excluding carboxylic acids is 1. The zero-order chi connectivity index (χ0) is 23.0. The average Bonchev–Trinajstić information content (AvgIpc) is 3.18. The molecule has 0 fully saturated rings. The average molecular weight is 489 g/mol. The molecule has 1 atom stereocenters. The third kappa shape index (κ3) is 7.10. The minimum atomic E-state index is -3.77. The first-order valence-corrected chi connectivity index (χ1v) is 12.6. The first-order valence-electron chi connectivity index (χ1n) is 10.0. The van der Waals surface area contributed by atoms with Gasteiger partial charge in [0.2, 0.25) is 5.91 Å². The number of unbranched alkanes of at least 4 members (excludes halogenated alkanes) is 2. The van der Waals surface area contributed by atoms with Crippen LogP contribution in [0.1, 0.15) is 44.7 Å². The lowest BCUT2D eigenvalue weighted by Gasteiger charge is -2.20. The van der Waals surface area contributed by atoms with Crippen LogP contribution in [0.5, 0.6) is 11.5 Å². The molecule has 172 valence electrons. The van der Waals surface area contributed by atoms with Gasteiger partial charge in [-0.05, 0) is 43.2 Å². The minimum Gasteiger partial charge on any atom is -0.493 e. The van der Waals surface area contributed by atoms with Gasteiger partial charge in [-0.3, -0.25) is 4.79 Å². The largest absolute Gasteiger partial charge is 0.493 e. The number of thiophene rings is 1. The normalized spacial score (nSPS) is 12.6. The molecule has 10 heteroatoms. The standard InChI is InChI=1S/C21H29ClN2O5S2/c1-5-6-7-12-29-17-9-8-16(13-18(17)28-4)15(2)23-20(25)14-24(3)31(26,27)21-11-10-19(22)30-21/h8-11,13,15H,5-7,12,14H2,1-4H3,(H,23,25). The van der Waals surface area contributed by atoms with Crippen LogP contribution in [0.25, 0.3) is 0 Å². The highest BCUT2D eigenvalue weighted by atomic mass is 35.5. The Hall–Kier alpha value is -1.81. The number of methoxy groups -OCH3 is 1. The summed E-state index contributed by atoms with van der Waals surface area (Å²) in [6.07, 6.45) is 3.20. The quantitative estimate of drug-likeness (QED) is 0.445. The number of sulfonamides is 1. The van der Waals surface area contributed by atoms with Crippen molar-refractivity contribution in [2.45, 2.75) is 43.4 Å². The van der Waals surface area contributed by atoms with E-state index >= 15 is 0 Å². The second kappa shape index (κ2) is 11.7. The van der Waals surface area contributed by atoms with Crippen molar-refractivity contribution in [3.05, 3.63) is 40.2 Å². The molecule has 0 aliphatic carbocycles. The van der Waals surface area contributed by atoms with E-state index in [1.165, 1.54) is 19.2 Å². The molecular weight excluding hydrogens is 460 g/mol. The van der Waals surface area contributed by atoms with Crippen molar-refractivity contribution in [3.8, 4) is 11.5 Å². The van der Waals surface area contributed by atoms with Crippen LogP contribution < -0.4 is 14.8 Å². The Morgan fingerprint density at radius 1 is 1.23 bits per heavy atom. The summed E-state index contributed by atoms with van der Waals surface area (Å²) in [6.45, 7) is 4.27. The molecule has 1 N–H and O–H groups in total. The Balaban J connectivity index is 1.98. The number of rotatable bonds is 12. The van der Waals surface area contributed by atoms with E-state index in [9.17, 15) is 13.2 Å². The fraction of sp³-hybridized carbons (Fsp3) is 0.476. The van der Waals surface area contributed by atoms with Gasteiger partial charge in [-0.15, -0.1) is 11.3 Å². The second-order valence-corrected chi connectivity index (χ2v) is 11.1. The number of benzene rings is 1. The summed E-state index contributed by atoms with van der Waals surface area (Å²) in [5.74, 6) is 0.825. The molecule has 0 saturated heterocycles. The van der Waals surface area contributed by atoms with E-state index < -0.39 is 15.9 Å². The monoisotopic (exact) mass is 488 g/mol. The van der Waals surface area contributed by atoms with E-state index in [0.29, 0.717) is 22.4 Å². The van der Waals surface area contributed by atoms with Crippen LogP contribution in [-0.2, 0) is 14.8 Å². The van der Waals surface area contributed by atoms with Gasteiger partial charge in [0, 0.05) is 7.05 Å². The molecule has 1 heterocycles. The number of hydrogen-bond acceptors (Lipinski definition) is 6. The van der Waals surface area contributed by atoms with E-state index in [1.807, 2.05) is 25.1 Å². The summed E-state index contributed by atoms with van der Waals surface area (Å²) in [4.78, 5) is 12.4. The molecule has 1 amide bonds. The molecule has 1 aromatic carbocycles. The van der Waals surface area contributed by atoms with Crippen LogP contribution in [0, 0.1) is 0 Å². The summed E-state index contributed by atoms with van der Waals surface area (Å²) in [6, 6.07) is 8.09. The first-order chi connectivity index (χ1) is 14.7. The fourth-order valence-electron chi connectivity index (χ4n) is 2.85. The molecule has 7 nitrogen and oxygen atoms in total. The van der Waals surface area contributed by atoms with Gasteiger partial charge in [0.05, 0.1) is 30.6 Å². The third-order valence-corrected chi connectivity index (χ3v) is 8.15. The van der Waals surface area contributed by atoms with Crippen LogP contribution in [-0.4, -0.2) is 45.9 Å². The van der Waals surface area contributed by atoms with E-state index in [1.54, 1.807) is 7.11 Å². The smallest absolute Gasteiger partial charge is 0.252 e. The molecular formula is C21H29ClN2O5S2. The molecule has 0 radical (unpaired) electrons. The van der Waals surface area contributed by atoms with E-state index in [2.05, 4.69) is 12.2 Å². The van der Waals surface area contributed by atoms with Crippen molar-refractivity contribution in [2.24, 2.45) is 0 Å². The number of likely N-dealkylation sites (N-methyl/N-ethyl adjacent to an activating group) is 1. The Morgan fingerprint density at radius 3 is 2.58 bits per heavy atom. The summed E-state index contributed by atoms with van der Waals surface area (Å²) in [7, 11) is -0.844. The number of halogens is 1. The highest BCUT2D eigenvalue weighted by Gasteiger charge is 2.25. The van der Waals surface area contributed by atoms with Gasteiger partial charge in [0.1, 0.15) is 4.21 Å². The first kappa shape index (κ1) is 25.5. The van der Waals surface area contributed by atoms with E-state index in [0.717, 1.165) is 40.5 Å². The molecule has 0 spiro atoms. The molecule has 2 aromatic rings. The second-order valence-electron chi connectivity index (χ2n) is 7.07. The molecule has 0 aliphatic rings. The lowest BCUT2D eigenvalue weighted by atomic mass is 10.1. The van der Waals surface area contributed by atoms with Gasteiger partial charge in [-0.2, -0.15) is 4.31 Å². The highest BCUT2D eigenvalue weighted by Crippen LogP contribution is 2.31. The number of nitrogens with one attached hydrogen (secondary N) is 1. The van der Waals surface area contributed by atoms with Gasteiger partial charge in [0.25, 0.3) is 10.0 Å². The van der Waals surface area contributed by atoms with Crippen LogP contribution in [0.3, 0.4) is 0 Å². The van der Waals surface area contributed by atoms with Crippen molar-refractivity contribution in [2.75, 3.05) is 27.3 Å². The van der Waals surface area contributed by atoms with Crippen molar-refractivity contribution >= 4 is 38.9 Å². The molecule has 31 heavy (non-hydrogen) atoms. The van der Waals surface area contributed by atoms with Crippen LogP contribution in [0.4, 0.5) is 0 Å². The lowest BCUT2D eigenvalue weighted by molar-refractivity contribution is -0.121. The minimum absolute atomic E-state index is 0.0973. The summed E-state index contributed by atoms with van der Waals surface area (Å²) in [5.41, 5.74) is 0.821. The van der Waals surface area contributed by atoms with Gasteiger partial charge >= 0.3 is 0 Å². The van der Waals surface area contributed by atoms with Crippen molar-refractivity contribution < 1.29 is 22.7 Å². The summed E-state index contributed by atoms with van der Waals surface area (Å²) >= 11 is 6.78. The SMILES string of the molecule is CCCCCOc1ccc(C(C)NC(=O)CN(C)S(=O)(=O)c2ccc(Cl)s2)cc1OC. The number of nitrogens with zero attached hydrogens (tertiary/aromatic N) is 1. The number of carbonyl (C=O) groups is 1. The fourth-order valence-corrected chi connectivity index (χ4v) is 5.68. The van der Waals surface area contributed by atoms with Gasteiger partial charge in [0.15, 0.2) is 11.5 Å². The van der Waals surface area contributed by atoms with Crippen molar-refractivity contribution in [1.82, 2.24) is 9.62 Å². The van der Waals surface area contributed by atoms with Gasteiger partial charge < -0.3 is 14.8 Å². The van der Waals surface area contributed by atoms with E-state index in [-0.39, 0.29) is 16.8 Å². The molecule has 1 aromatic heterocycles. The Bertz CT molecular complexity index is 978. The highest BCUT2D eigenvalue weighted by molar-refractivity contribution is 7.91. The predicted molar refractivity (Wildman–Crippen MR) is 124 cm³/mol. The molecule has 2 rings (SSSR count). The molecule has 0 bridgehead atoms. The van der Waals surface area contributed by atoms with Crippen molar-refractivity contribution in [3.63, 3.8) is 0 Å². The number of ether oxygens (including phenoxy) is 2. The Morgan fingerprint density at radius 2 is 1.97 bits per heavy atom. The zero-order valence-electron chi connectivity index (χ0n) is 18.2. The maximum Gasteiger partial charge on any atom is 0.252 e. The van der Waals surface area contributed by atoms with E-state index in [4.69, 9.17) is 21.1 Å². The summed E-state index contributed by atoms with van der Waals surface area (Å²) < 4.78 is 37.8. The number of amides is 1. The maximum atomic E-state index is 12.6. The lowest BCUT2D eigenvalue weighted by Crippen LogP contribution is -2.39. The topological polar surface area (TPSA) is 84.9 Å². The molecule has 0 aliphatic heterocycles. The molecule has 1 unspecified atom stereocenters. The van der Waals surface area contributed by atoms with Gasteiger partial charge in [-0.1, -0.05) is 37.4 Å². The summed E-state index contributed by atoms with van der Waals surface area (Å²) in [5, 5.41) is 2.82. The zero-order valence-corrected chi connectivity index (χ0v) is 20.6. The number of hydrogen-bond donors (Lipinski definition) is 1. The van der Waals surface area contributed by atoms with Crippen molar-refractivity contribution in [1.29, 1.82) is 0 Å². The predicted octanol–water partition coefficient (Wildman–Crippen LogP) is 4.48. The Kier molecular flexibility index (Phi) is 9.61. The van der Waals surface area contributed by atoms with Crippen LogP contribution in [0.15, 0.2) is 34.5 Å². The Labute approximate surface area is 193 Å². The van der Waals surface area contributed by atoms with Gasteiger partial charge in [-0.25, -0.2) is 8.42 Å². The van der Waals surface area contributed by atoms with Crippen LogP contribution >= 0.6 is 22.9 Å². The molecule has 0 saturated carbocycles.